The summed E-state index contributed by atoms with van der Waals surface area (Å²) in [5.74, 6) is 0.527. The van der Waals surface area contributed by atoms with Gasteiger partial charge in [-0.2, -0.15) is 0 Å². The summed E-state index contributed by atoms with van der Waals surface area (Å²) < 4.78 is 17.7. The Labute approximate surface area is 188 Å². The van der Waals surface area contributed by atoms with Crippen molar-refractivity contribution in [1.82, 2.24) is 9.80 Å². The molecule has 1 aliphatic carbocycles. The predicted octanol–water partition coefficient (Wildman–Crippen LogP) is 2.76. The number of rotatable bonds is 3. The predicted molar refractivity (Wildman–Crippen MR) is 121 cm³/mol. The normalized spacial score (nSPS) is 22.0. The summed E-state index contributed by atoms with van der Waals surface area (Å²) in [4.78, 5) is 29.6. The van der Waals surface area contributed by atoms with Crippen molar-refractivity contribution in [1.29, 1.82) is 0 Å². The van der Waals surface area contributed by atoms with Crippen LogP contribution in [-0.4, -0.2) is 67.2 Å². The number of hydrogen-bond donors (Lipinski definition) is 0. The van der Waals surface area contributed by atoms with Crippen LogP contribution in [0, 0.1) is 0 Å². The molecule has 3 aliphatic rings. The van der Waals surface area contributed by atoms with Gasteiger partial charge in [0.05, 0.1) is 12.2 Å². The zero-order valence-corrected chi connectivity index (χ0v) is 19.0. The van der Waals surface area contributed by atoms with Crippen LogP contribution in [0.2, 0.25) is 0 Å². The van der Waals surface area contributed by atoms with E-state index in [1.807, 2.05) is 17.0 Å². The Kier molecular flexibility index (Phi) is 5.72. The van der Waals surface area contributed by atoms with E-state index in [2.05, 4.69) is 11.9 Å². The average Bonchev–Trinajstić information content (AvgIpc) is 2.79. The highest BCUT2D eigenvalue weighted by Crippen LogP contribution is 2.31. The zero-order chi connectivity index (χ0) is 22.3. The van der Waals surface area contributed by atoms with Crippen molar-refractivity contribution < 1.29 is 18.7 Å². The Morgan fingerprint density at radius 1 is 1.12 bits per heavy atom. The molecule has 2 aromatic rings. The molecule has 1 unspecified atom stereocenters. The minimum absolute atomic E-state index is 0.0176. The van der Waals surface area contributed by atoms with Crippen molar-refractivity contribution in [2.45, 2.75) is 57.2 Å². The third-order valence-corrected chi connectivity index (χ3v) is 7.28. The number of nitrogens with zero attached hydrogens (tertiary/aromatic N) is 2. The fraction of sp³-hybridized carbons (Fsp3) is 0.600. The van der Waals surface area contributed by atoms with E-state index in [1.54, 1.807) is 13.0 Å². The third-order valence-electron chi connectivity index (χ3n) is 7.28. The molecule has 1 amide bonds. The maximum Gasteiger partial charge on any atom is 0.339 e. The van der Waals surface area contributed by atoms with Crippen molar-refractivity contribution in [3.8, 4) is 5.75 Å². The van der Waals surface area contributed by atoms with Gasteiger partial charge < -0.3 is 23.7 Å². The van der Waals surface area contributed by atoms with Crippen LogP contribution >= 0.6 is 0 Å². The number of morpholine rings is 1. The van der Waals surface area contributed by atoms with Crippen molar-refractivity contribution >= 4 is 16.9 Å². The maximum atomic E-state index is 13.0. The monoisotopic (exact) mass is 440 g/mol. The van der Waals surface area contributed by atoms with Crippen molar-refractivity contribution in [2.75, 3.05) is 39.8 Å². The second-order valence-electron chi connectivity index (χ2n) is 9.57. The number of fused-ring (bicyclic) bond motifs is 3. The van der Waals surface area contributed by atoms with Gasteiger partial charge in [-0.25, -0.2) is 4.79 Å². The van der Waals surface area contributed by atoms with Crippen LogP contribution in [0.3, 0.4) is 0 Å². The van der Waals surface area contributed by atoms with E-state index < -0.39 is 6.10 Å². The second-order valence-corrected chi connectivity index (χ2v) is 9.57. The topological polar surface area (TPSA) is 72.2 Å². The lowest BCUT2D eigenvalue weighted by Crippen LogP contribution is -2.57. The molecule has 3 heterocycles. The number of amides is 1. The van der Waals surface area contributed by atoms with E-state index in [-0.39, 0.29) is 17.1 Å². The van der Waals surface area contributed by atoms with Crippen LogP contribution < -0.4 is 10.4 Å². The summed E-state index contributed by atoms with van der Waals surface area (Å²) in [6, 6.07) is 5.57. The van der Waals surface area contributed by atoms with Crippen LogP contribution in [0.4, 0.5) is 0 Å². The third kappa shape index (κ3) is 4.04. The van der Waals surface area contributed by atoms with Gasteiger partial charge in [-0.3, -0.25) is 4.79 Å². The van der Waals surface area contributed by atoms with E-state index in [0.717, 1.165) is 74.7 Å². The number of likely N-dealkylation sites (tertiary alicyclic amines) is 1. The summed E-state index contributed by atoms with van der Waals surface area (Å²) in [6.07, 6.45) is 4.90. The molecule has 0 saturated carbocycles. The first-order valence-electron chi connectivity index (χ1n) is 11.8. The quantitative estimate of drug-likeness (QED) is 0.684. The van der Waals surface area contributed by atoms with E-state index in [4.69, 9.17) is 13.9 Å². The van der Waals surface area contributed by atoms with Crippen LogP contribution in [0.25, 0.3) is 11.0 Å². The number of ether oxygens (including phenoxy) is 2. The number of hydrogen-bond acceptors (Lipinski definition) is 6. The van der Waals surface area contributed by atoms with Gasteiger partial charge in [0, 0.05) is 43.2 Å². The number of piperidine rings is 1. The molecule has 1 atom stereocenters. The minimum atomic E-state index is -0.610. The molecular formula is C25H32N2O5. The zero-order valence-electron chi connectivity index (χ0n) is 19.0. The lowest BCUT2D eigenvalue weighted by molar-refractivity contribution is -0.153. The molecular weight excluding hydrogens is 408 g/mol. The summed E-state index contributed by atoms with van der Waals surface area (Å²) in [6.45, 7) is 5.78. The van der Waals surface area contributed by atoms with Crippen LogP contribution in [0.5, 0.6) is 5.75 Å². The number of carbonyl (C=O) groups excluding carboxylic acids is 1. The van der Waals surface area contributed by atoms with Crippen LogP contribution in [0.1, 0.15) is 43.7 Å². The van der Waals surface area contributed by atoms with Gasteiger partial charge in [-0.05, 0) is 70.2 Å². The molecule has 32 heavy (non-hydrogen) atoms. The second kappa shape index (κ2) is 8.52. The Morgan fingerprint density at radius 2 is 1.88 bits per heavy atom. The van der Waals surface area contributed by atoms with Crippen molar-refractivity contribution in [3.05, 3.63) is 39.7 Å². The molecule has 2 aliphatic heterocycles. The summed E-state index contributed by atoms with van der Waals surface area (Å²) in [5.41, 5.74) is 2.09. The first kappa shape index (κ1) is 21.5. The van der Waals surface area contributed by atoms with Crippen molar-refractivity contribution in [2.24, 2.45) is 0 Å². The van der Waals surface area contributed by atoms with Gasteiger partial charge in [-0.15, -0.1) is 0 Å². The lowest BCUT2D eigenvalue weighted by Gasteiger charge is -2.46. The SMILES string of the molecule is CC(Oc1ccc2c3c(c(=O)oc2c1)CCCC3)C(=O)N1CCC2(CC1)CN(C)CCO2. The Hall–Kier alpha value is -2.38. The molecule has 7 nitrogen and oxygen atoms in total. The van der Waals surface area contributed by atoms with Crippen LogP contribution in [-0.2, 0) is 22.4 Å². The number of benzene rings is 1. The fourth-order valence-corrected chi connectivity index (χ4v) is 5.48. The Morgan fingerprint density at radius 3 is 2.62 bits per heavy atom. The number of likely N-dealkylation sites (N-methyl/N-ethyl adjacent to an activating group) is 1. The van der Waals surface area contributed by atoms with E-state index in [9.17, 15) is 9.59 Å². The fourth-order valence-electron chi connectivity index (χ4n) is 5.48. The Bertz CT molecular complexity index is 1070. The standard InChI is InChI=1S/C25H32N2O5/c1-17(23(28)27-11-9-25(10-12-27)16-26(2)13-14-30-25)31-18-7-8-20-19-5-3-4-6-21(19)24(29)32-22(20)15-18/h7-8,15,17H,3-6,9-14,16H2,1-2H3. The van der Waals surface area contributed by atoms with Crippen LogP contribution in [0.15, 0.2) is 27.4 Å². The summed E-state index contributed by atoms with van der Waals surface area (Å²) in [5, 5.41) is 0.976. The largest absolute Gasteiger partial charge is 0.481 e. The molecule has 5 rings (SSSR count). The molecule has 0 N–H and O–H groups in total. The first-order chi connectivity index (χ1) is 15.4. The van der Waals surface area contributed by atoms with Gasteiger partial charge in [0.2, 0.25) is 0 Å². The lowest BCUT2D eigenvalue weighted by atomic mass is 9.89. The van der Waals surface area contributed by atoms with Gasteiger partial charge in [0.1, 0.15) is 11.3 Å². The van der Waals surface area contributed by atoms with Gasteiger partial charge in [0.25, 0.3) is 5.91 Å². The van der Waals surface area contributed by atoms with E-state index in [1.165, 1.54) is 0 Å². The first-order valence-corrected chi connectivity index (χ1v) is 11.8. The molecule has 0 bridgehead atoms. The molecule has 7 heteroatoms. The maximum absolute atomic E-state index is 13.0. The smallest absolute Gasteiger partial charge is 0.339 e. The highest BCUT2D eigenvalue weighted by atomic mass is 16.5. The number of carbonyl (C=O) groups is 1. The molecule has 2 fully saturated rings. The molecule has 1 spiro atoms. The highest BCUT2D eigenvalue weighted by Gasteiger charge is 2.40. The van der Waals surface area contributed by atoms with E-state index in [0.29, 0.717) is 24.4 Å². The molecule has 172 valence electrons. The number of aryl methyl sites for hydroxylation is 1. The molecule has 2 saturated heterocycles. The Balaban J connectivity index is 1.26. The molecule has 0 radical (unpaired) electrons. The molecule has 1 aromatic heterocycles. The summed E-state index contributed by atoms with van der Waals surface area (Å²) in [7, 11) is 2.12. The van der Waals surface area contributed by atoms with Gasteiger partial charge >= 0.3 is 5.63 Å². The van der Waals surface area contributed by atoms with E-state index >= 15 is 0 Å². The van der Waals surface area contributed by atoms with Gasteiger partial charge in [0.15, 0.2) is 6.10 Å². The summed E-state index contributed by atoms with van der Waals surface area (Å²) >= 11 is 0. The molecule has 1 aromatic carbocycles. The van der Waals surface area contributed by atoms with Crippen molar-refractivity contribution in [3.63, 3.8) is 0 Å². The average molecular weight is 441 g/mol. The minimum Gasteiger partial charge on any atom is -0.481 e. The van der Waals surface area contributed by atoms with Gasteiger partial charge in [-0.1, -0.05) is 0 Å². The highest BCUT2D eigenvalue weighted by molar-refractivity contribution is 5.84.